The van der Waals surface area contributed by atoms with Crippen molar-refractivity contribution in [3.8, 4) is 11.1 Å². The molecule has 0 saturated heterocycles. The Morgan fingerprint density at radius 3 is 2.14 bits per heavy atom. The molecule has 0 unspecified atom stereocenters. The van der Waals surface area contributed by atoms with Gasteiger partial charge in [0.05, 0.1) is 16.4 Å². The van der Waals surface area contributed by atoms with E-state index in [1.54, 1.807) is 12.1 Å². The van der Waals surface area contributed by atoms with Crippen LogP contribution >= 0.6 is 0 Å². The van der Waals surface area contributed by atoms with Gasteiger partial charge in [-0.2, -0.15) is 4.57 Å². The Morgan fingerprint density at radius 2 is 1.35 bits per heavy atom. The van der Waals surface area contributed by atoms with E-state index in [0.29, 0.717) is 27.4 Å². The van der Waals surface area contributed by atoms with Crippen molar-refractivity contribution < 1.29 is 24.4 Å². The van der Waals surface area contributed by atoms with E-state index in [4.69, 9.17) is 0 Å². The van der Waals surface area contributed by atoms with Gasteiger partial charge in [-0.3, -0.25) is 0 Å². The van der Waals surface area contributed by atoms with E-state index < -0.39 is 11.9 Å². The molecule has 0 amide bonds. The number of benzene rings is 4. The number of carbonyl (C=O) groups is 2. The van der Waals surface area contributed by atoms with Crippen molar-refractivity contribution in [2.24, 2.45) is 0 Å². The predicted octanol–water partition coefficient (Wildman–Crippen LogP) is 7.07. The fourth-order valence-corrected chi connectivity index (χ4v) is 5.87. The summed E-state index contributed by atoms with van der Waals surface area (Å²) in [5, 5.41) is 24.4. The van der Waals surface area contributed by atoms with Crippen molar-refractivity contribution in [3.63, 3.8) is 0 Å². The van der Waals surface area contributed by atoms with E-state index in [1.807, 2.05) is 24.3 Å². The second-order valence-corrected chi connectivity index (χ2v) is 10.6. The lowest BCUT2D eigenvalue weighted by Crippen LogP contribution is -2.34. The molecular weight excluding hydrogens is 538 g/mol. The molecule has 208 valence electrons. The first kappa shape index (κ1) is 26.2. The van der Waals surface area contributed by atoms with Crippen molar-refractivity contribution in [3.05, 3.63) is 126 Å². The monoisotopic (exact) mass is 564 g/mol. The number of hydrogen-bond acceptors (Lipinski definition) is 4. The van der Waals surface area contributed by atoms with Crippen LogP contribution in [0.15, 0.2) is 109 Å². The van der Waals surface area contributed by atoms with Crippen LogP contribution in [-0.2, 0) is 13.0 Å². The van der Waals surface area contributed by atoms with Crippen LogP contribution in [0.4, 0.5) is 0 Å². The normalized spacial score (nSPS) is 11.4. The zero-order chi connectivity index (χ0) is 29.5. The lowest BCUT2D eigenvalue weighted by Gasteiger charge is -2.11. The number of aromatic carboxylic acids is 2. The Hall–Kier alpha value is -5.69. The van der Waals surface area contributed by atoms with Crippen LogP contribution in [-0.4, -0.2) is 32.1 Å². The summed E-state index contributed by atoms with van der Waals surface area (Å²) < 4.78 is 2.33. The van der Waals surface area contributed by atoms with Crippen LogP contribution in [0.5, 0.6) is 0 Å². The minimum Gasteiger partial charge on any atom is -0.477 e. The molecule has 43 heavy (non-hydrogen) atoms. The first-order valence-electron chi connectivity index (χ1n) is 14.1. The Labute approximate surface area is 246 Å². The summed E-state index contributed by atoms with van der Waals surface area (Å²) in [5.74, 6) is -2.32. The minimum atomic E-state index is -1.16. The van der Waals surface area contributed by atoms with E-state index in [9.17, 15) is 19.8 Å². The van der Waals surface area contributed by atoms with Crippen molar-refractivity contribution in [2.45, 2.75) is 19.4 Å². The zero-order valence-electron chi connectivity index (χ0n) is 23.1. The SMILES string of the molecule is O=C(O)c1ccc2ccc3c(-c4ccc(CCC[n+]5cc6ccccc6c6ccccc65)cc4)cc(C(=O)O)nc3c2n1. The number of carboxylic acid groups (broad SMARTS) is 2. The highest BCUT2D eigenvalue weighted by molar-refractivity contribution is 6.10. The van der Waals surface area contributed by atoms with Crippen LogP contribution in [0.2, 0.25) is 0 Å². The van der Waals surface area contributed by atoms with Gasteiger partial charge in [-0.25, -0.2) is 19.6 Å². The first-order valence-corrected chi connectivity index (χ1v) is 14.1. The van der Waals surface area contributed by atoms with Gasteiger partial charge < -0.3 is 10.2 Å². The van der Waals surface area contributed by atoms with Crippen LogP contribution in [0.1, 0.15) is 33.0 Å². The van der Waals surface area contributed by atoms with Gasteiger partial charge in [0.25, 0.3) is 0 Å². The zero-order valence-corrected chi connectivity index (χ0v) is 23.1. The molecule has 2 N–H and O–H groups in total. The quantitative estimate of drug-likeness (QED) is 0.158. The molecule has 0 aliphatic heterocycles. The van der Waals surface area contributed by atoms with Crippen molar-refractivity contribution in [1.82, 2.24) is 9.97 Å². The Morgan fingerprint density at radius 1 is 0.651 bits per heavy atom. The van der Waals surface area contributed by atoms with Crippen LogP contribution in [0, 0.1) is 0 Å². The number of nitrogens with zero attached hydrogens (tertiary/aromatic N) is 3. The third-order valence-electron chi connectivity index (χ3n) is 7.97. The van der Waals surface area contributed by atoms with E-state index in [0.717, 1.165) is 24.9 Å². The third kappa shape index (κ3) is 4.81. The predicted molar refractivity (Wildman–Crippen MR) is 166 cm³/mol. The van der Waals surface area contributed by atoms with Gasteiger partial charge in [-0.05, 0) is 47.4 Å². The molecule has 7 rings (SSSR count). The minimum absolute atomic E-state index is 0.122. The smallest absolute Gasteiger partial charge is 0.354 e. The second-order valence-electron chi connectivity index (χ2n) is 10.6. The topological polar surface area (TPSA) is 104 Å². The van der Waals surface area contributed by atoms with Crippen LogP contribution in [0.3, 0.4) is 0 Å². The molecular formula is C36H26N3O4+. The van der Waals surface area contributed by atoms with Gasteiger partial charge in [0.15, 0.2) is 6.20 Å². The lowest BCUT2D eigenvalue weighted by molar-refractivity contribution is -0.670. The Balaban J connectivity index is 1.19. The summed E-state index contributed by atoms with van der Waals surface area (Å²) in [6.07, 6.45) is 4.07. The summed E-state index contributed by atoms with van der Waals surface area (Å²) in [5.41, 5.74) is 4.43. The molecule has 7 nitrogen and oxygen atoms in total. The van der Waals surface area contributed by atoms with Crippen molar-refractivity contribution >= 4 is 55.4 Å². The van der Waals surface area contributed by atoms with Gasteiger partial charge in [-0.15, -0.1) is 0 Å². The Kier molecular flexibility index (Phi) is 6.47. The molecule has 0 fully saturated rings. The maximum absolute atomic E-state index is 12.0. The molecule has 0 aliphatic rings. The molecule has 0 aliphatic carbocycles. The van der Waals surface area contributed by atoms with Gasteiger partial charge in [0.2, 0.25) is 5.52 Å². The molecule has 3 heterocycles. The maximum Gasteiger partial charge on any atom is 0.354 e. The maximum atomic E-state index is 12.0. The largest absolute Gasteiger partial charge is 0.477 e. The highest BCUT2D eigenvalue weighted by Gasteiger charge is 2.17. The van der Waals surface area contributed by atoms with E-state index in [-0.39, 0.29) is 11.4 Å². The first-order chi connectivity index (χ1) is 21.0. The van der Waals surface area contributed by atoms with Gasteiger partial charge in [0, 0.05) is 34.0 Å². The van der Waals surface area contributed by atoms with Crippen LogP contribution in [0.25, 0.3) is 54.6 Å². The van der Waals surface area contributed by atoms with Gasteiger partial charge in [0.1, 0.15) is 17.9 Å². The van der Waals surface area contributed by atoms with Crippen LogP contribution < -0.4 is 4.57 Å². The summed E-state index contributed by atoms with van der Waals surface area (Å²) in [6, 6.07) is 33.5. The number of carboxylic acids is 2. The summed E-state index contributed by atoms with van der Waals surface area (Å²) in [6.45, 7) is 0.877. The number of rotatable bonds is 7. The standard InChI is InChI=1S/C36H25N3O4/c40-35(41)30-18-16-24-15-17-28-29(20-31(36(42)43)38-34(28)33(24)37-30)23-13-11-22(12-14-23)6-5-19-39-21-25-7-1-2-8-26(25)27-9-3-4-10-32(27)39/h1-4,7-18,20-21H,5-6,19H2,(H-,40,41,42,43)/p+1. The van der Waals surface area contributed by atoms with Gasteiger partial charge >= 0.3 is 11.9 Å². The van der Waals surface area contributed by atoms with E-state index in [2.05, 4.69) is 81.4 Å². The van der Waals surface area contributed by atoms with Crippen molar-refractivity contribution in [1.29, 1.82) is 0 Å². The van der Waals surface area contributed by atoms with Crippen molar-refractivity contribution in [2.75, 3.05) is 0 Å². The number of aryl methyl sites for hydroxylation is 2. The molecule has 7 aromatic rings. The van der Waals surface area contributed by atoms with Gasteiger partial charge in [-0.1, -0.05) is 72.8 Å². The number of para-hydroxylation sites is 1. The summed E-state index contributed by atoms with van der Waals surface area (Å²) >= 11 is 0. The molecule has 0 radical (unpaired) electrons. The average Bonchev–Trinajstić information content (AvgIpc) is 3.04. The number of hydrogen-bond donors (Lipinski definition) is 2. The molecule has 0 spiro atoms. The lowest BCUT2D eigenvalue weighted by atomic mass is 9.97. The molecule has 0 bridgehead atoms. The molecule has 0 atom stereocenters. The van der Waals surface area contributed by atoms with E-state index >= 15 is 0 Å². The Bertz CT molecular complexity index is 2230. The fourth-order valence-electron chi connectivity index (χ4n) is 5.87. The highest BCUT2D eigenvalue weighted by atomic mass is 16.4. The molecule has 4 aromatic carbocycles. The number of fused-ring (bicyclic) bond motifs is 6. The molecule has 3 aromatic heterocycles. The number of pyridine rings is 3. The second kappa shape index (κ2) is 10.6. The number of aromatic nitrogens is 3. The highest BCUT2D eigenvalue weighted by Crippen LogP contribution is 2.33. The summed E-state index contributed by atoms with van der Waals surface area (Å²) in [4.78, 5) is 32.2. The fraction of sp³-hybridized carbons (Fsp3) is 0.0833. The molecule has 7 heteroatoms. The van der Waals surface area contributed by atoms with E-state index in [1.165, 1.54) is 33.3 Å². The summed E-state index contributed by atoms with van der Waals surface area (Å²) in [7, 11) is 0. The molecule has 0 saturated carbocycles. The third-order valence-corrected chi connectivity index (χ3v) is 7.97. The average molecular weight is 565 g/mol.